The number of hydrogen-bond acceptors (Lipinski definition) is 5. The SMILES string of the molecule is CC1CCC(C(=O)O)CN1C(=O)c1ccc(NCc2ccccc2)c([N+](=O)[O-])c1. The van der Waals surface area contributed by atoms with Crippen molar-refractivity contribution in [3.05, 3.63) is 69.8 Å². The van der Waals surface area contributed by atoms with Gasteiger partial charge in [0.1, 0.15) is 5.69 Å². The number of rotatable bonds is 6. The first kappa shape index (κ1) is 20.3. The molecule has 1 heterocycles. The predicted octanol–water partition coefficient (Wildman–Crippen LogP) is 3.53. The van der Waals surface area contributed by atoms with Gasteiger partial charge in [0.2, 0.25) is 0 Å². The smallest absolute Gasteiger partial charge is 0.308 e. The fourth-order valence-electron chi connectivity index (χ4n) is 3.52. The molecule has 1 saturated heterocycles. The highest BCUT2D eigenvalue weighted by Crippen LogP contribution is 2.29. The Labute approximate surface area is 168 Å². The lowest BCUT2D eigenvalue weighted by Crippen LogP contribution is -2.47. The standard InChI is InChI=1S/C21H23N3O5/c1-14-7-8-17(21(26)27)13-23(14)20(25)16-9-10-18(19(11-16)24(28)29)22-12-15-5-3-2-4-6-15/h2-6,9-11,14,17,22H,7-8,12-13H2,1H3,(H,26,27). The summed E-state index contributed by atoms with van der Waals surface area (Å²) in [5.74, 6) is -1.93. The number of benzene rings is 2. The van der Waals surface area contributed by atoms with E-state index in [1.165, 1.54) is 17.0 Å². The van der Waals surface area contributed by atoms with E-state index < -0.39 is 16.8 Å². The van der Waals surface area contributed by atoms with Crippen molar-refractivity contribution in [3.8, 4) is 0 Å². The second-order valence-corrected chi connectivity index (χ2v) is 7.25. The molecule has 0 spiro atoms. The van der Waals surface area contributed by atoms with E-state index in [0.29, 0.717) is 25.1 Å². The first-order valence-electron chi connectivity index (χ1n) is 9.47. The molecule has 2 N–H and O–H groups in total. The van der Waals surface area contributed by atoms with Crippen LogP contribution in [-0.4, -0.2) is 39.4 Å². The number of likely N-dealkylation sites (tertiary alicyclic amines) is 1. The Morgan fingerprint density at radius 3 is 2.59 bits per heavy atom. The van der Waals surface area contributed by atoms with Crippen molar-refractivity contribution < 1.29 is 19.6 Å². The zero-order valence-electron chi connectivity index (χ0n) is 16.1. The van der Waals surface area contributed by atoms with E-state index in [-0.39, 0.29) is 29.7 Å². The van der Waals surface area contributed by atoms with Gasteiger partial charge in [0, 0.05) is 30.8 Å². The number of nitrogens with one attached hydrogen (secondary N) is 1. The highest BCUT2D eigenvalue weighted by atomic mass is 16.6. The summed E-state index contributed by atoms with van der Waals surface area (Å²) in [7, 11) is 0. The van der Waals surface area contributed by atoms with Crippen molar-refractivity contribution in [3.63, 3.8) is 0 Å². The number of hydrogen-bond donors (Lipinski definition) is 2. The lowest BCUT2D eigenvalue weighted by molar-refractivity contribution is -0.384. The van der Waals surface area contributed by atoms with E-state index in [4.69, 9.17) is 0 Å². The summed E-state index contributed by atoms with van der Waals surface area (Å²) in [5.41, 5.74) is 1.29. The molecule has 0 saturated carbocycles. The van der Waals surface area contributed by atoms with Gasteiger partial charge in [-0.05, 0) is 37.5 Å². The summed E-state index contributed by atoms with van der Waals surface area (Å²) < 4.78 is 0. The number of carbonyl (C=O) groups is 2. The Balaban J connectivity index is 1.80. The maximum Gasteiger partial charge on any atom is 0.308 e. The maximum atomic E-state index is 12.9. The van der Waals surface area contributed by atoms with Crippen molar-refractivity contribution in [1.29, 1.82) is 0 Å². The minimum Gasteiger partial charge on any atom is -0.481 e. The van der Waals surface area contributed by atoms with Crippen LogP contribution in [0.1, 0.15) is 35.7 Å². The third-order valence-corrected chi connectivity index (χ3v) is 5.26. The molecule has 2 atom stereocenters. The zero-order valence-corrected chi connectivity index (χ0v) is 16.1. The molecular weight excluding hydrogens is 374 g/mol. The molecule has 29 heavy (non-hydrogen) atoms. The highest BCUT2D eigenvalue weighted by Gasteiger charge is 2.33. The topological polar surface area (TPSA) is 113 Å². The molecule has 8 nitrogen and oxygen atoms in total. The van der Waals surface area contributed by atoms with E-state index in [1.807, 2.05) is 37.3 Å². The minimum absolute atomic E-state index is 0.108. The molecule has 1 amide bonds. The molecule has 2 aromatic carbocycles. The summed E-state index contributed by atoms with van der Waals surface area (Å²) in [5, 5.41) is 23.9. The number of nitrogens with zero attached hydrogens (tertiary/aromatic N) is 2. The average Bonchev–Trinajstić information content (AvgIpc) is 2.72. The zero-order chi connectivity index (χ0) is 21.0. The molecule has 0 aromatic heterocycles. The van der Waals surface area contributed by atoms with Crippen molar-refractivity contribution >= 4 is 23.3 Å². The van der Waals surface area contributed by atoms with Gasteiger partial charge in [-0.3, -0.25) is 19.7 Å². The maximum absolute atomic E-state index is 12.9. The van der Waals surface area contributed by atoms with Gasteiger partial charge >= 0.3 is 5.97 Å². The molecular formula is C21H23N3O5. The number of carbonyl (C=O) groups excluding carboxylic acids is 1. The molecule has 1 aliphatic heterocycles. The first-order chi connectivity index (χ1) is 13.9. The number of nitro groups is 1. The Bertz CT molecular complexity index is 916. The summed E-state index contributed by atoms with van der Waals surface area (Å²) in [4.78, 5) is 36.8. The second-order valence-electron chi connectivity index (χ2n) is 7.25. The van der Waals surface area contributed by atoms with Crippen molar-refractivity contribution in [2.45, 2.75) is 32.4 Å². The largest absolute Gasteiger partial charge is 0.481 e. The number of piperidine rings is 1. The second kappa shape index (κ2) is 8.72. The number of carboxylic acid groups (broad SMARTS) is 1. The highest BCUT2D eigenvalue weighted by molar-refractivity contribution is 5.96. The summed E-state index contributed by atoms with van der Waals surface area (Å²) in [6, 6.07) is 13.7. The number of aliphatic carboxylic acids is 1. The van der Waals surface area contributed by atoms with Gasteiger partial charge in [-0.15, -0.1) is 0 Å². The van der Waals surface area contributed by atoms with Gasteiger partial charge in [0.15, 0.2) is 0 Å². The molecule has 8 heteroatoms. The van der Waals surface area contributed by atoms with Crippen LogP contribution in [0.3, 0.4) is 0 Å². The van der Waals surface area contributed by atoms with Gasteiger partial charge in [0.25, 0.3) is 11.6 Å². The summed E-state index contributed by atoms with van der Waals surface area (Å²) in [6.45, 7) is 2.38. The van der Waals surface area contributed by atoms with E-state index in [2.05, 4.69) is 5.32 Å². The van der Waals surface area contributed by atoms with Gasteiger partial charge in [-0.2, -0.15) is 0 Å². The number of carboxylic acids is 1. The minimum atomic E-state index is -0.929. The van der Waals surface area contributed by atoms with Gasteiger partial charge in [-0.1, -0.05) is 30.3 Å². The number of anilines is 1. The fraction of sp³-hybridized carbons (Fsp3) is 0.333. The molecule has 0 radical (unpaired) electrons. The van der Waals surface area contributed by atoms with Crippen LogP contribution in [0.4, 0.5) is 11.4 Å². The van der Waals surface area contributed by atoms with Crippen LogP contribution in [0.2, 0.25) is 0 Å². The molecule has 152 valence electrons. The fourth-order valence-corrected chi connectivity index (χ4v) is 3.52. The summed E-state index contributed by atoms with van der Waals surface area (Å²) in [6.07, 6.45) is 1.10. The van der Waals surface area contributed by atoms with Crippen LogP contribution in [0.5, 0.6) is 0 Å². The lowest BCUT2D eigenvalue weighted by atomic mass is 9.93. The Morgan fingerprint density at radius 2 is 1.93 bits per heavy atom. The van der Waals surface area contributed by atoms with Crippen LogP contribution in [-0.2, 0) is 11.3 Å². The summed E-state index contributed by atoms with van der Waals surface area (Å²) >= 11 is 0. The van der Waals surface area contributed by atoms with Crippen molar-refractivity contribution in [2.75, 3.05) is 11.9 Å². The van der Waals surface area contributed by atoms with Gasteiger partial charge < -0.3 is 15.3 Å². The third kappa shape index (κ3) is 4.71. The van der Waals surface area contributed by atoms with Crippen LogP contribution >= 0.6 is 0 Å². The molecule has 0 bridgehead atoms. The average molecular weight is 397 g/mol. The number of amides is 1. The van der Waals surface area contributed by atoms with Crippen LogP contribution < -0.4 is 5.32 Å². The Kier molecular flexibility index (Phi) is 6.11. The van der Waals surface area contributed by atoms with Gasteiger partial charge in [-0.25, -0.2) is 0 Å². The normalized spacial score (nSPS) is 18.9. The molecule has 0 aliphatic carbocycles. The Hall–Kier alpha value is -3.42. The van der Waals surface area contributed by atoms with Crippen LogP contribution in [0.15, 0.2) is 48.5 Å². The molecule has 1 fully saturated rings. The van der Waals surface area contributed by atoms with Crippen molar-refractivity contribution in [2.24, 2.45) is 5.92 Å². The van der Waals surface area contributed by atoms with E-state index in [9.17, 15) is 24.8 Å². The van der Waals surface area contributed by atoms with E-state index in [0.717, 1.165) is 5.56 Å². The molecule has 3 rings (SSSR count). The molecule has 2 aromatic rings. The van der Waals surface area contributed by atoms with Crippen LogP contribution in [0, 0.1) is 16.0 Å². The number of nitro benzene ring substituents is 1. The monoisotopic (exact) mass is 397 g/mol. The molecule has 1 aliphatic rings. The van der Waals surface area contributed by atoms with E-state index >= 15 is 0 Å². The van der Waals surface area contributed by atoms with E-state index in [1.54, 1.807) is 6.07 Å². The Morgan fingerprint density at radius 1 is 1.21 bits per heavy atom. The van der Waals surface area contributed by atoms with Crippen molar-refractivity contribution in [1.82, 2.24) is 4.90 Å². The third-order valence-electron chi connectivity index (χ3n) is 5.26. The molecule has 2 unspecified atom stereocenters. The van der Waals surface area contributed by atoms with Gasteiger partial charge in [0.05, 0.1) is 10.8 Å². The predicted molar refractivity (Wildman–Crippen MR) is 108 cm³/mol. The lowest BCUT2D eigenvalue weighted by Gasteiger charge is -2.36. The quantitative estimate of drug-likeness (QED) is 0.569. The van der Waals surface area contributed by atoms with Crippen LogP contribution in [0.25, 0.3) is 0 Å². The first-order valence-corrected chi connectivity index (χ1v) is 9.47.